The van der Waals surface area contributed by atoms with Crippen molar-refractivity contribution in [2.24, 2.45) is 0 Å². The Morgan fingerprint density at radius 3 is 2.57 bits per heavy atom. The van der Waals surface area contributed by atoms with Gasteiger partial charge in [-0.1, -0.05) is 23.7 Å². The minimum absolute atomic E-state index is 0.113. The number of carbonyl (C=O) groups excluding carboxylic acids is 2. The quantitative estimate of drug-likeness (QED) is 0.663. The van der Waals surface area contributed by atoms with Crippen LogP contribution in [0.15, 0.2) is 60.8 Å². The molecule has 0 saturated heterocycles. The van der Waals surface area contributed by atoms with Crippen LogP contribution in [-0.4, -0.2) is 23.9 Å². The zero-order chi connectivity index (χ0) is 20.1. The third kappa shape index (κ3) is 4.66. The molecule has 0 aliphatic heterocycles. The highest BCUT2D eigenvalue weighted by molar-refractivity contribution is 6.31. The lowest BCUT2D eigenvalue weighted by atomic mass is 10.1. The van der Waals surface area contributed by atoms with Gasteiger partial charge in [-0.3, -0.25) is 14.6 Å². The first-order valence-corrected chi connectivity index (χ1v) is 8.83. The number of amides is 2. The van der Waals surface area contributed by atoms with E-state index in [2.05, 4.69) is 15.6 Å². The second-order valence-corrected chi connectivity index (χ2v) is 6.49. The average Bonchev–Trinajstić information content (AvgIpc) is 2.68. The number of nitrogens with zero attached hydrogens (tertiary/aromatic N) is 1. The van der Waals surface area contributed by atoms with Crippen LogP contribution in [-0.2, 0) is 0 Å². The van der Waals surface area contributed by atoms with Crippen molar-refractivity contribution in [1.29, 1.82) is 0 Å². The molecular formula is C21H18ClN3O3. The number of aryl methyl sites for hydroxylation is 1. The van der Waals surface area contributed by atoms with Crippen LogP contribution >= 0.6 is 11.6 Å². The molecule has 28 heavy (non-hydrogen) atoms. The summed E-state index contributed by atoms with van der Waals surface area (Å²) in [5, 5.41) is 6.02. The Hall–Kier alpha value is -3.38. The summed E-state index contributed by atoms with van der Waals surface area (Å²) in [6, 6.07) is 15.2. The maximum atomic E-state index is 12.6. The molecule has 0 unspecified atom stereocenters. The third-order valence-corrected chi connectivity index (χ3v) is 4.18. The first-order chi connectivity index (χ1) is 13.5. The van der Waals surface area contributed by atoms with Gasteiger partial charge in [-0.15, -0.1) is 0 Å². The van der Waals surface area contributed by atoms with Crippen molar-refractivity contribution in [3.8, 4) is 5.75 Å². The summed E-state index contributed by atoms with van der Waals surface area (Å²) in [6.45, 7) is 1.91. The van der Waals surface area contributed by atoms with Gasteiger partial charge in [0.25, 0.3) is 11.8 Å². The van der Waals surface area contributed by atoms with Crippen LogP contribution in [0.5, 0.6) is 5.75 Å². The van der Waals surface area contributed by atoms with E-state index in [1.807, 2.05) is 13.0 Å². The zero-order valence-electron chi connectivity index (χ0n) is 15.3. The van der Waals surface area contributed by atoms with Crippen molar-refractivity contribution < 1.29 is 14.3 Å². The summed E-state index contributed by atoms with van der Waals surface area (Å²) in [6.07, 6.45) is 1.41. The Morgan fingerprint density at radius 2 is 1.82 bits per heavy atom. The Bertz CT molecular complexity index is 1040. The molecule has 0 aliphatic rings. The maximum Gasteiger partial charge on any atom is 0.274 e. The second-order valence-electron chi connectivity index (χ2n) is 6.05. The van der Waals surface area contributed by atoms with Crippen molar-refractivity contribution in [3.63, 3.8) is 0 Å². The molecule has 0 bridgehead atoms. The number of ether oxygens (including phenoxy) is 1. The summed E-state index contributed by atoms with van der Waals surface area (Å²) in [5.41, 5.74) is 2.48. The minimum Gasteiger partial charge on any atom is -0.495 e. The lowest BCUT2D eigenvalue weighted by Crippen LogP contribution is -2.17. The third-order valence-electron chi connectivity index (χ3n) is 3.94. The number of anilines is 2. The lowest BCUT2D eigenvalue weighted by molar-refractivity contribution is 0.102. The van der Waals surface area contributed by atoms with E-state index in [-0.39, 0.29) is 11.6 Å². The van der Waals surface area contributed by atoms with Crippen molar-refractivity contribution in [2.75, 3.05) is 17.7 Å². The van der Waals surface area contributed by atoms with Gasteiger partial charge in [0.1, 0.15) is 11.4 Å². The highest BCUT2D eigenvalue weighted by atomic mass is 35.5. The predicted molar refractivity (Wildman–Crippen MR) is 109 cm³/mol. The molecule has 0 saturated carbocycles. The van der Waals surface area contributed by atoms with E-state index >= 15 is 0 Å². The molecule has 2 N–H and O–H groups in total. The number of carbonyl (C=O) groups is 2. The normalized spacial score (nSPS) is 10.2. The molecule has 0 aliphatic carbocycles. The van der Waals surface area contributed by atoms with Crippen LogP contribution < -0.4 is 15.4 Å². The summed E-state index contributed by atoms with van der Waals surface area (Å²) in [5.74, 6) is -0.276. The standard InChI is InChI=1S/C21H18ClN3O3/c1-13-6-7-19(28-2)17(10-13)25-21(27)18-11-14(8-9-23-18)20(26)24-16-5-3-4-15(22)12-16/h3-12H,1-2H3,(H,24,26)(H,25,27). The van der Waals surface area contributed by atoms with Gasteiger partial charge >= 0.3 is 0 Å². The molecule has 6 nitrogen and oxygen atoms in total. The smallest absolute Gasteiger partial charge is 0.274 e. The Morgan fingerprint density at radius 1 is 1.00 bits per heavy atom. The molecule has 0 atom stereocenters. The number of benzene rings is 2. The van der Waals surface area contributed by atoms with E-state index in [0.29, 0.717) is 27.7 Å². The molecule has 1 heterocycles. The Kier molecular flexibility index (Phi) is 5.91. The number of nitrogens with one attached hydrogen (secondary N) is 2. The molecule has 142 valence electrons. The fourth-order valence-electron chi connectivity index (χ4n) is 2.57. The molecular weight excluding hydrogens is 378 g/mol. The lowest BCUT2D eigenvalue weighted by Gasteiger charge is -2.11. The van der Waals surface area contributed by atoms with Gasteiger partial charge in [0, 0.05) is 22.5 Å². The van der Waals surface area contributed by atoms with E-state index in [4.69, 9.17) is 16.3 Å². The fraction of sp³-hybridized carbons (Fsp3) is 0.0952. The fourth-order valence-corrected chi connectivity index (χ4v) is 2.76. The van der Waals surface area contributed by atoms with E-state index in [1.54, 1.807) is 36.4 Å². The van der Waals surface area contributed by atoms with E-state index < -0.39 is 5.91 Å². The molecule has 0 radical (unpaired) electrons. The van der Waals surface area contributed by atoms with Crippen molar-refractivity contribution >= 4 is 34.8 Å². The van der Waals surface area contributed by atoms with Gasteiger partial charge < -0.3 is 15.4 Å². The number of halogens is 1. The number of aromatic nitrogens is 1. The second kappa shape index (κ2) is 8.54. The molecule has 3 rings (SSSR count). The highest BCUT2D eigenvalue weighted by Gasteiger charge is 2.14. The first-order valence-electron chi connectivity index (χ1n) is 8.45. The molecule has 0 fully saturated rings. The number of methoxy groups -OCH3 is 1. The predicted octanol–water partition coefficient (Wildman–Crippen LogP) is 4.56. The summed E-state index contributed by atoms with van der Waals surface area (Å²) in [7, 11) is 1.53. The zero-order valence-corrected chi connectivity index (χ0v) is 16.1. The van der Waals surface area contributed by atoms with Crippen molar-refractivity contribution in [3.05, 3.63) is 82.6 Å². The molecule has 2 amide bonds. The molecule has 2 aromatic carbocycles. The molecule has 7 heteroatoms. The monoisotopic (exact) mass is 395 g/mol. The number of pyridine rings is 1. The summed E-state index contributed by atoms with van der Waals surface area (Å²) < 4.78 is 5.27. The van der Waals surface area contributed by atoms with Crippen LogP contribution in [0.3, 0.4) is 0 Å². The van der Waals surface area contributed by atoms with Crippen LogP contribution in [0.1, 0.15) is 26.4 Å². The topological polar surface area (TPSA) is 80.3 Å². The van der Waals surface area contributed by atoms with Crippen molar-refractivity contribution in [1.82, 2.24) is 4.98 Å². The Balaban J connectivity index is 1.78. The first kappa shape index (κ1) is 19.4. The number of rotatable bonds is 5. The average molecular weight is 396 g/mol. The molecule has 3 aromatic rings. The van der Waals surface area contributed by atoms with Crippen molar-refractivity contribution in [2.45, 2.75) is 6.92 Å². The highest BCUT2D eigenvalue weighted by Crippen LogP contribution is 2.25. The maximum absolute atomic E-state index is 12.6. The largest absolute Gasteiger partial charge is 0.495 e. The number of hydrogen-bond acceptors (Lipinski definition) is 4. The Labute approximate surface area is 167 Å². The van der Waals surface area contributed by atoms with Gasteiger partial charge in [0.2, 0.25) is 0 Å². The summed E-state index contributed by atoms with van der Waals surface area (Å²) >= 11 is 5.93. The van der Waals surface area contributed by atoms with Crippen LogP contribution in [0.25, 0.3) is 0 Å². The molecule has 0 spiro atoms. The van der Waals surface area contributed by atoms with Gasteiger partial charge in [-0.2, -0.15) is 0 Å². The number of hydrogen-bond donors (Lipinski definition) is 2. The van der Waals surface area contributed by atoms with Gasteiger partial charge in [-0.05, 0) is 55.0 Å². The van der Waals surface area contributed by atoms with Gasteiger partial charge in [0.05, 0.1) is 12.8 Å². The van der Waals surface area contributed by atoms with Crippen LogP contribution in [0.2, 0.25) is 5.02 Å². The van der Waals surface area contributed by atoms with Crippen LogP contribution in [0, 0.1) is 6.92 Å². The van der Waals surface area contributed by atoms with Gasteiger partial charge in [-0.25, -0.2) is 0 Å². The van der Waals surface area contributed by atoms with E-state index in [1.165, 1.54) is 25.4 Å². The minimum atomic E-state index is -0.443. The summed E-state index contributed by atoms with van der Waals surface area (Å²) in [4.78, 5) is 29.1. The molecule has 1 aromatic heterocycles. The van der Waals surface area contributed by atoms with E-state index in [9.17, 15) is 9.59 Å². The SMILES string of the molecule is COc1ccc(C)cc1NC(=O)c1cc(C(=O)Nc2cccc(Cl)c2)ccn1. The van der Waals surface area contributed by atoms with Crippen LogP contribution in [0.4, 0.5) is 11.4 Å². The van der Waals surface area contributed by atoms with E-state index in [0.717, 1.165) is 5.56 Å². The van der Waals surface area contributed by atoms with Gasteiger partial charge in [0.15, 0.2) is 0 Å².